The van der Waals surface area contributed by atoms with Crippen LogP contribution < -0.4 is 9.64 Å². The predicted molar refractivity (Wildman–Crippen MR) is 87.9 cm³/mol. The van der Waals surface area contributed by atoms with E-state index in [0.29, 0.717) is 17.9 Å². The molecule has 0 spiro atoms. The first-order chi connectivity index (χ1) is 11.3. The number of benzene rings is 1. The second-order valence-electron chi connectivity index (χ2n) is 5.49. The van der Waals surface area contributed by atoms with Crippen LogP contribution in [0.25, 0.3) is 0 Å². The van der Waals surface area contributed by atoms with Crippen LogP contribution in [0.5, 0.6) is 5.75 Å². The Labute approximate surface area is 135 Å². The number of aromatic nitrogens is 1. The summed E-state index contributed by atoms with van der Waals surface area (Å²) in [6.07, 6.45) is 5.49. The van der Waals surface area contributed by atoms with E-state index in [1.807, 2.05) is 24.3 Å². The van der Waals surface area contributed by atoms with E-state index in [1.54, 1.807) is 36.5 Å². The minimum Gasteiger partial charge on any atom is -0.497 e. The van der Waals surface area contributed by atoms with Crippen LogP contribution in [-0.4, -0.2) is 37.3 Å². The molecule has 0 bridgehead atoms. The molecule has 1 aliphatic rings. The van der Waals surface area contributed by atoms with Gasteiger partial charge in [0.15, 0.2) is 0 Å². The summed E-state index contributed by atoms with van der Waals surface area (Å²) in [5, 5.41) is 0. The topological polar surface area (TPSA) is 51.7 Å². The van der Waals surface area contributed by atoms with Crippen molar-refractivity contribution in [2.75, 3.05) is 25.2 Å². The molecule has 1 aromatic heterocycles. The lowest BCUT2D eigenvalue weighted by Gasteiger charge is -2.25. The van der Waals surface area contributed by atoms with Crippen LogP contribution >= 0.6 is 0 Å². The third kappa shape index (κ3) is 3.68. The van der Waals surface area contributed by atoms with Gasteiger partial charge in [-0.25, -0.2) is 0 Å². The Morgan fingerprint density at radius 2 is 2.17 bits per heavy atom. The van der Waals surface area contributed by atoms with Crippen molar-refractivity contribution in [1.82, 2.24) is 4.98 Å². The van der Waals surface area contributed by atoms with Gasteiger partial charge in [-0.1, -0.05) is 6.07 Å². The number of rotatable bonds is 5. The first-order valence-corrected chi connectivity index (χ1v) is 7.75. The van der Waals surface area contributed by atoms with Crippen molar-refractivity contribution >= 4 is 11.6 Å². The van der Waals surface area contributed by atoms with Gasteiger partial charge >= 0.3 is 0 Å². The lowest BCUT2D eigenvalue weighted by molar-refractivity contribution is 0.0917. The van der Waals surface area contributed by atoms with Crippen LogP contribution in [0.15, 0.2) is 48.8 Å². The van der Waals surface area contributed by atoms with E-state index in [4.69, 9.17) is 9.47 Å². The van der Waals surface area contributed by atoms with Gasteiger partial charge in [0.05, 0.1) is 19.8 Å². The normalized spacial score (nSPS) is 17.0. The van der Waals surface area contributed by atoms with E-state index >= 15 is 0 Å². The number of carbonyl (C=O) groups is 1. The second kappa shape index (κ2) is 7.24. The van der Waals surface area contributed by atoms with Gasteiger partial charge in [-0.3, -0.25) is 9.78 Å². The summed E-state index contributed by atoms with van der Waals surface area (Å²) in [4.78, 5) is 18.8. The Balaban J connectivity index is 1.88. The fraction of sp³-hybridized carbons (Fsp3) is 0.333. The van der Waals surface area contributed by atoms with Crippen LogP contribution in [0.2, 0.25) is 0 Å². The van der Waals surface area contributed by atoms with Crippen molar-refractivity contribution in [3.8, 4) is 5.75 Å². The molecule has 1 fully saturated rings. The molecule has 0 radical (unpaired) electrons. The maximum atomic E-state index is 13.0. The number of anilines is 1. The molecule has 2 aromatic rings. The third-order valence-electron chi connectivity index (χ3n) is 3.95. The van der Waals surface area contributed by atoms with E-state index in [2.05, 4.69) is 4.98 Å². The molecule has 1 aromatic carbocycles. The lowest BCUT2D eigenvalue weighted by Crippen LogP contribution is -2.37. The zero-order chi connectivity index (χ0) is 16.1. The smallest absolute Gasteiger partial charge is 0.258 e. The van der Waals surface area contributed by atoms with Crippen molar-refractivity contribution in [2.24, 2.45) is 0 Å². The quantitative estimate of drug-likeness (QED) is 0.852. The van der Waals surface area contributed by atoms with E-state index in [0.717, 1.165) is 25.1 Å². The monoisotopic (exact) mass is 312 g/mol. The van der Waals surface area contributed by atoms with Crippen LogP contribution in [0.3, 0.4) is 0 Å². The summed E-state index contributed by atoms with van der Waals surface area (Å²) in [5.74, 6) is 0.605. The molecule has 0 saturated carbocycles. The summed E-state index contributed by atoms with van der Waals surface area (Å²) in [6, 6.07) is 10.9. The number of pyridine rings is 1. The average molecular weight is 312 g/mol. The molecule has 1 unspecified atom stereocenters. The summed E-state index contributed by atoms with van der Waals surface area (Å²) >= 11 is 0. The van der Waals surface area contributed by atoms with Gasteiger partial charge in [0.1, 0.15) is 5.75 Å². The molecule has 0 aliphatic carbocycles. The number of amides is 1. The highest BCUT2D eigenvalue weighted by molar-refractivity contribution is 6.06. The van der Waals surface area contributed by atoms with Gasteiger partial charge in [0.2, 0.25) is 0 Å². The molecule has 1 aliphatic heterocycles. The molecule has 3 rings (SSSR count). The number of hydrogen-bond donors (Lipinski definition) is 0. The lowest BCUT2D eigenvalue weighted by atomic mass is 10.1. The van der Waals surface area contributed by atoms with Gasteiger partial charge in [0.25, 0.3) is 5.91 Å². The second-order valence-corrected chi connectivity index (χ2v) is 5.49. The minimum absolute atomic E-state index is 0.0643. The Morgan fingerprint density at radius 3 is 2.87 bits per heavy atom. The molecule has 5 nitrogen and oxygen atoms in total. The highest BCUT2D eigenvalue weighted by atomic mass is 16.5. The Hall–Kier alpha value is -2.40. The Morgan fingerprint density at radius 1 is 1.35 bits per heavy atom. The Kier molecular flexibility index (Phi) is 4.88. The summed E-state index contributed by atoms with van der Waals surface area (Å²) in [7, 11) is 1.59. The molecule has 1 saturated heterocycles. The molecule has 120 valence electrons. The molecular formula is C18H20N2O3. The van der Waals surface area contributed by atoms with Gasteiger partial charge in [0, 0.05) is 30.3 Å². The number of ether oxygens (including phenoxy) is 2. The van der Waals surface area contributed by atoms with E-state index in [-0.39, 0.29) is 12.0 Å². The molecule has 1 atom stereocenters. The van der Waals surface area contributed by atoms with E-state index in [9.17, 15) is 4.79 Å². The SMILES string of the molecule is COc1cccc(C(=O)N(CC2CCCO2)c2ccncc2)c1. The summed E-state index contributed by atoms with van der Waals surface area (Å²) < 4.78 is 10.9. The maximum Gasteiger partial charge on any atom is 0.258 e. The predicted octanol–water partition coefficient (Wildman–Crippen LogP) is 2.92. The van der Waals surface area contributed by atoms with Crippen LogP contribution in [0.4, 0.5) is 5.69 Å². The van der Waals surface area contributed by atoms with E-state index in [1.165, 1.54) is 0 Å². The van der Waals surface area contributed by atoms with Crippen LogP contribution in [0.1, 0.15) is 23.2 Å². The zero-order valence-electron chi connectivity index (χ0n) is 13.1. The maximum absolute atomic E-state index is 13.0. The first kappa shape index (κ1) is 15.5. The zero-order valence-corrected chi connectivity index (χ0v) is 13.1. The molecule has 2 heterocycles. The van der Waals surface area contributed by atoms with Crippen molar-refractivity contribution in [3.63, 3.8) is 0 Å². The first-order valence-electron chi connectivity index (χ1n) is 7.75. The van der Waals surface area contributed by atoms with E-state index < -0.39 is 0 Å². The number of nitrogens with zero attached hydrogens (tertiary/aromatic N) is 2. The van der Waals surface area contributed by atoms with Crippen molar-refractivity contribution < 1.29 is 14.3 Å². The summed E-state index contributed by atoms with van der Waals surface area (Å²) in [5.41, 5.74) is 1.42. The largest absolute Gasteiger partial charge is 0.497 e. The molecule has 1 amide bonds. The fourth-order valence-corrected chi connectivity index (χ4v) is 2.73. The van der Waals surface area contributed by atoms with Crippen molar-refractivity contribution in [2.45, 2.75) is 18.9 Å². The fourth-order valence-electron chi connectivity index (χ4n) is 2.73. The van der Waals surface area contributed by atoms with Gasteiger partial charge in [-0.15, -0.1) is 0 Å². The number of methoxy groups -OCH3 is 1. The standard InChI is InChI=1S/C18H20N2O3/c1-22-16-5-2-4-14(12-16)18(21)20(13-17-6-3-11-23-17)15-7-9-19-10-8-15/h2,4-5,7-10,12,17H,3,6,11,13H2,1H3. The highest BCUT2D eigenvalue weighted by Gasteiger charge is 2.24. The average Bonchev–Trinajstić information content (AvgIpc) is 3.13. The van der Waals surface area contributed by atoms with Crippen LogP contribution in [0, 0.1) is 0 Å². The molecule has 23 heavy (non-hydrogen) atoms. The highest BCUT2D eigenvalue weighted by Crippen LogP contribution is 2.22. The van der Waals surface area contributed by atoms with Gasteiger partial charge in [-0.2, -0.15) is 0 Å². The van der Waals surface area contributed by atoms with Crippen molar-refractivity contribution in [3.05, 3.63) is 54.4 Å². The molecular weight excluding hydrogens is 292 g/mol. The van der Waals surface area contributed by atoms with Gasteiger partial charge < -0.3 is 14.4 Å². The van der Waals surface area contributed by atoms with Crippen molar-refractivity contribution in [1.29, 1.82) is 0 Å². The molecule has 0 N–H and O–H groups in total. The Bertz CT molecular complexity index is 654. The molecule has 5 heteroatoms. The summed E-state index contributed by atoms with van der Waals surface area (Å²) in [6.45, 7) is 1.31. The van der Waals surface area contributed by atoms with Gasteiger partial charge in [-0.05, 0) is 43.2 Å². The van der Waals surface area contributed by atoms with Crippen LogP contribution in [-0.2, 0) is 4.74 Å². The number of carbonyl (C=O) groups excluding carboxylic acids is 1. The third-order valence-corrected chi connectivity index (χ3v) is 3.95. The number of hydrogen-bond acceptors (Lipinski definition) is 4. The minimum atomic E-state index is -0.0643.